The van der Waals surface area contributed by atoms with Crippen molar-refractivity contribution in [1.29, 1.82) is 0 Å². The van der Waals surface area contributed by atoms with Gasteiger partial charge in [0.05, 0.1) is 18.4 Å². The number of halogens is 1. The first-order valence-electron chi connectivity index (χ1n) is 5.47. The zero-order chi connectivity index (χ0) is 12.3. The number of carbonyl (C=O) groups is 2. The number of hydrogen-bond donors (Lipinski definition) is 1. The van der Waals surface area contributed by atoms with Crippen molar-refractivity contribution in [1.82, 2.24) is 10.2 Å². The molecule has 1 N–H and O–H groups in total. The van der Waals surface area contributed by atoms with Gasteiger partial charge in [0.25, 0.3) is 5.91 Å². The Morgan fingerprint density at radius 3 is 2.71 bits per heavy atom. The molecule has 0 atom stereocenters. The Morgan fingerprint density at radius 1 is 1.41 bits per heavy atom. The van der Waals surface area contributed by atoms with Crippen LogP contribution in [0.1, 0.15) is 23.2 Å². The van der Waals surface area contributed by atoms with Crippen LogP contribution in [0.4, 0.5) is 0 Å². The van der Waals surface area contributed by atoms with Gasteiger partial charge in [-0.1, -0.05) is 0 Å². The highest BCUT2D eigenvalue weighted by Crippen LogP contribution is 2.17. The highest BCUT2D eigenvalue weighted by atomic mass is 79.9. The Balaban J connectivity index is 1.84. The molecule has 1 aromatic rings. The molecular formula is C11H13BrN2O3. The molecule has 1 saturated heterocycles. The van der Waals surface area contributed by atoms with E-state index in [0.29, 0.717) is 10.2 Å². The van der Waals surface area contributed by atoms with Gasteiger partial charge in [0.2, 0.25) is 5.91 Å². The zero-order valence-corrected chi connectivity index (χ0v) is 10.8. The summed E-state index contributed by atoms with van der Waals surface area (Å²) < 4.78 is 5.33. The number of furan rings is 1. The molecule has 1 fully saturated rings. The molecule has 17 heavy (non-hydrogen) atoms. The fourth-order valence-corrected chi connectivity index (χ4v) is 2.21. The van der Waals surface area contributed by atoms with E-state index in [0.717, 1.165) is 25.9 Å². The summed E-state index contributed by atoms with van der Waals surface area (Å²) in [6.07, 6.45) is 3.52. The van der Waals surface area contributed by atoms with Gasteiger partial charge in [0, 0.05) is 13.1 Å². The van der Waals surface area contributed by atoms with Crippen molar-refractivity contribution in [3.8, 4) is 0 Å². The van der Waals surface area contributed by atoms with E-state index >= 15 is 0 Å². The van der Waals surface area contributed by atoms with Crippen molar-refractivity contribution in [2.24, 2.45) is 0 Å². The first-order chi connectivity index (χ1) is 8.18. The Morgan fingerprint density at radius 2 is 2.12 bits per heavy atom. The molecule has 0 unspecified atom stereocenters. The molecular weight excluding hydrogens is 288 g/mol. The second kappa shape index (κ2) is 5.35. The van der Waals surface area contributed by atoms with Crippen LogP contribution in [0, 0.1) is 0 Å². The minimum absolute atomic E-state index is 0.0320. The molecule has 2 rings (SSSR count). The van der Waals surface area contributed by atoms with E-state index in [2.05, 4.69) is 21.2 Å². The number of rotatable bonds is 3. The van der Waals surface area contributed by atoms with Crippen LogP contribution in [0.3, 0.4) is 0 Å². The Hall–Kier alpha value is -1.30. The average Bonchev–Trinajstić information content (AvgIpc) is 2.95. The van der Waals surface area contributed by atoms with Crippen molar-refractivity contribution < 1.29 is 14.0 Å². The van der Waals surface area contributed by atoms with E-state index in [1.54, 1.807) is 11.0 Å². The van der Waals surface area contributed by atoms with Gasteiger partial charge in [-0.05, 0) is 34.8 Å². The number of nitrogens with zero attached hydrogens (tertiary/aromatic N) is 1. The highest BCUT2D eigenvalue weighted by Gasteiger charge is 2.19. The van der Waals surface area contributed by atoms with Gasteiger partial charge in [-0.2, -0.15) is 0 Å². The maximum absolute atomic E-state index is 11.7. The van der Waals surface area contributed by atoms with E-state index in [1.807, 2.05) is 0 Å². The lowest BCUT2D eigenvalue weighted by molar-refractivity contribution is -0.129. The van der Waals surface area contributed by atoms with Crippen molar-refractivity contribution in [3.05, 3.63) is 22.6 Å². The smallest absolute Gasteiger partial charge is 0.256 e. The topological polar surface area (TPSA) is 62.6 Å². The summed E-state index contributed by atoms with van der Waals surface area (Å²) in [5.74, 6) is -0.339. The van der Waals surface area contributed by atoms with Crippen LogP contribution in [0.5, 0.6) is 0 Å². The first kappa shape index (κ1) is 12.2. The molecule has 92 valence electrons. The van der Waals surface area contributed by atoms with E-state index in [4.69, 9.17) is 4.42 Å². The largest absolute Gasteiger partial charge is 0.457 e. The molecule has 1 aliphatic heterocycles. The molecule has 0 bridgehead atoms. The summed E-state index contributed by atoms with van der Waals surface area (Å²) in [6.45, 7) is 1.63. The molecule has 1 aliphatic rings. The summed E-state index contributed by atoms with van der Waals surface area (Å²) in [4.78, 5) is 25.1. The molecule has 0 aromatic carbocycles. The normalized spacial score (nSPS) is 15.0. The van der Waals surface area contributed by atoms with Crippen molar-refractivity contribution in [2.45, 2.75) is 12.8 Å². The number of carbonyl (C=O) groups excluding carboxylic acids is 2. The standard InChI is InChI=1S/C11H13BrN2O3/c12-10-8(3-6-17-10)11(16)13-7-9(15)14-4-1-2-5-14/h3,6H,1-2,4-5,7H2,(H,13,16). The minimum atomic E-state index is -0.307. The Bertz CT molecular complexity index is 424. The van der Waals surface area contributed by atoms with Gasteiger partial charge in [0.15, 0.2) is 4.67 Å². The molecule has 0 saturated carbocycles. The predicted octanol–water partition coefficient (Wildman–Crippen LogP) is 1.39. The van der Waals surface area contributed by atoms with Crippen LogP contribution in [0.2, 0.25) is 0 Å². The first-order valence-corrected chi connectivity index (χ1v) is 6.27. The second-order valence-electron chi connectivity index (χ2n) is 3.88. The monoisotopic (exact) mass is 300 g/mol. The Kier molecular flexibility index (Phi) is 3.83. The van der Waals surface area contributed by atoms with E-state index in [-0.39, 0.29) is 18.4 Å². The SMILES string of the molecule is O=C(NCC(=O)N1CCCC1)c1ccoc1Br. The summed E-state index contributed by atoms with van der Waals surface area (Å²) in [5, 5.41) is 2.58. The molecule has 2 heterocycles. The lowest BCUT2D eigenvalue weighted by atomic mass is 10.3. The van der Waals surface area contributed by atoms with E-state index in [1.165, 1.54) is 6.26 Å². The van der Waals surface area contributed by atoms with Crippen LogP contribution < -0.4 is 5.32 Å². The number of nitrogens with one attached hydrogen (secondary N) is 1. The zero-order valence-electron chi connectivity index (χ0n) is 9.24. The van der Waals surface area contributed by atoms with Crippen molar-refractivity contribution in [2.75, 3.05) is 19.6 Å². The minimum Gasteiger partial charge on any atom is -0.457 e. The Labute approximate surface area is 107 Å². The van der Waals surface area contributed by atoms with Gasteiger partial charge in [-0.3, -0.25) is 9.59 Å². The quantitative estimate of drug-likeness (QED) is 0.918. The molecule has 2 amide bonds. The molecule has 6 heteroatoms. The van der Waals surface area contributed by atoms with Gasteiger partial charge in [-0.15, -0.1) is 0 Å². The van der Waals surface area contributed by atoms with Crippen LogP contribution in [0.25, 0.3) is 0 Å². The molecule has 0 radical (unpaired) electrons. The summed E-state index contributed by atoms with van der Waals surface area (Å²) >= 11 is 3.12. The summed E-state index contributed by atoms with van der Waals surface area (Å²) in [5.41, 5.74) is 0.402. The molecule has 5 nitrogen and oxygen atoms in total. The van der Waals surface area contributed by atoms with Crippen molar-refractivity contribution in [3.63, 3.8) is 0 Å². The lowest BCUT2D eigenvalue weighted by Crippen LogP contribution is -2.38. The van der Waals surface area contributed by atoms with Crippen LogP contribution in [0.15, 0.2) is 21.4 Å². The third-order valence-electron chi connectivity index (χ3n) is 2.72. The summed E-state index contributed by atoms with van der Waals surface area (Å²) in [6, 6.07) is 1.56. The number of hydrogen-bond acceptors (Lipinski definition) is 3. The van der Waals surface area contributed by atoms with Crippen LogP contribution in [-0.4, -0.2) is 36.3 Å². The molecule has 0 aliphatic carbocycles. The molecule has 0 spiro atoms. The third kappa shape index (κ3) is 2.88. The number of likely N-dealkylation sites (tertiary alicyclic amines) is 1. The maximum Gasteiger partial charge on any atom is 0.256 e. The van der Waals surface area contributed by atoms with E-state index < -0.39 is 0 Å². The molecule has 1 aromatic heterocycles. The average molecular weight is 301 g/mol. The second-order valence-corrected chi connectivity index (χ2v) is 4.60. The fraction of sp³-hybridized carbons (Fsp3) is 0.455. The van der Waals surface area contributed by atoms with Crippen molar-refractivity contribution >= 4 is 27.7 Å². The lowest BCUT2D eigenvalue weighted by Gasteiger charge is -2.15. The number of amides is 2. The van der Waals surface area contributed by atoms with Gasteiger partial charge in [-0.25, -0.2) is 0 Å². The van der Waals surface area contributed by atoms with Crippen LogP contribution in [-0.2, 0) is 4.79 Å². The van der Waals surface area contributed by atoms with Gasteiger partial charge >= 0.3 is 0 Å². The highest BCUT2D eigenvalue weighted by molar-refractivity contribution is 9.10. The van der Waals surface area contributed by atoms with E-state index in [9.17, 15) is 9.59 Å². The third-order valence-corrected chi connectivity index (χ3v) is 3.34. The fourth-order valence-electron chi connectivity index (χ4n) is 1.79. The maximum atomic E-state index is 11.7. The van der Waals surface area contributed by atoms with Gasteiger partial charge < -0.3 is 14.6 Å². The summed E-state index contributed by atoms with van der Waals surface area (Å²) in [7, 11) is 0. The van der Waals surface area contributed by atoms with Crippen LogP contribution >= 0.6 is 15.9 Å². The predicted molar refractivity (Wildman–Crippen MR) is 64.6 cm³/mol. The van der Waals surface area contributed by atoms with Gasteiger partial charge in [0.1, 0.15) is 0 Å².